The maximum absolute atomic E-state index is 13.4. The highest BCUT2D eigenvalue weighted by Gasteiger charge is 2.42. The zero-order chi connectivity index (χ0) is 22.0. The summed E-state index contributed by atoms with van der Waals surface area (Å²) < 4.78 is 17.4. The number of benzene rings is 2. The maximum atomic E-state index is 13.4. The Morgan fingerprint density at radius 2 is 1.87 bits per heavy atom. The van der Waals surface area contributed by atoms with Crippen LogP contribution in [0.3, 0.4) is 0 Å². The normalized spacial score (nSPS) is 15.4. The van der Waals surface area contributed by atoms with E-state index in [1.807, 2.05) is 19.9 Å². The lowest BCUT2D eigenvalue weighted by Gasteiger charge is -2.25. The molecule has 0 saturated heterocycles. The van der Waals surface area contributed by atoms with Crippen molar-refractivity contribution in [2.45, 2.75) is 26.3 Å². The molecule has 4 rings (SSSR count). The first-order valence-electron chi connectivity index (χ1n) is 10.5. The number of rotatable bonds is 8. The summed E-state index contributed by atoms with van der Waals surface area (Å²) in [4.78, 5) is 27.9. The van der Waals surface area contributed by atoms with Gasteiger partial charge >= 0.3 is 0 Å². The average molecular weight is 423 g/mol. The molecule has 0 spiro atoms. The Morgan fingerprint density at radius 3 is 2.61 bits per heavy atom. The lowest BCUT2D eigenvalue weighted by molar-refractivity contribution is 0.0691. The number of ether oxygens (including phenoxy) is 2. The summed E-state index contributed by atoms with van der Waals surface area (Å²) in [5.74, 6) is 0.757. The lowest BCUT2D eigenvalue weighted by atomic mass is 9.98. The SMILES string of the molecule is CCCOc1ccc(C2c3c(oc4ccccc4c3=O)C(=O)N2CCO)cc1OCC. The second-order valence-corrected chi connectivity index (χ2v) is 7.28. The molecule has 2 heterocycles. The number of aliphatic hydroxyl groups excluding tert-OH is 1. The van der Waals surface area contributed by atoms with Crippen LogP contribution in [0.15, 0.2) is 51.7 Å². The summed E-state index contributed by atoms with van der Waals surface area (Å²) in [7, 11) is 0. The van der Waals surface area contributed by atoms with Crippen LogP contribution in [0.2, 0.25) is 0 Å². The number of fused-ring (bicyclic) bond motifs is 2. The van der Waals surface area contributed by atoms with E-state index in [1.165, 1.54) is 4.90 Å². The van der Waals surface area contributed by atoms with Gasteiger partial charge in [-0.2, -0.15) is 0 Å². The highest BCUT2D eigenvalue weighted by atomic mass is 16.5. The summed E-state index contributed by atoms with van der Waals surface area (Å²) in [6, 6.07) is 11.6. The van der Waals surface area contributed by atoms with E-state index in [0.29, 0.717) is 41.2 Å². The fraction of sp³-hybridized carbons (Fsp3) is 0.333. The van der Waals surface area contributed by atoms with Crippen LogP contribution in [0.4, 0.5) is 0 Å². The van der Waals surface area contributed by atoms with E-state index in [-0.39, 0.29) is 29.9 Å². The predicted molar refractivity (Wildman–Crippen MR) is 116 cm³/mol. The van der Waals surface area contributed by atoms with Crippen molar-refractivity contribution >= 4 is 16.9 Å². The van der Waals surface area contributed by atoms with E-state index < -0.39 is 11.9 Å². The van der Waals surface area contributed by atoms with Crippen LogP contribution >= 0.6 is 0 Å². The number of amides is 1. The Labute approximate surface area is 179 Å². The molecule has 0 bridgehead atoms. The van der Waals surface area contributed by atoms with Gasteiger partial charge in [0.2, 0.25) is 5.76 Å². The van der Waals surface area contributed by atoms with Crippen molar-refractivity contribution in [1.29, 1.82) is 0 Å². The minimum atomic E-state index is -0.685. The molecule has 162 valence electrons. The molecular formula is C24H25NO6. The summed E-state index contributed by atoms with van der Waals surface area (Å²) in [5.41, 5.74) is 1.08. The zero-order valence-electron chi connectivity index (χ0n) is 17.6. The van der Waals surface area contributed by atoms with Crippen LogP contribution in [0.1, 0.15) is 48.0 Å². The molecule has 1 aliphatic rings. The molecule has 7 heteroatoms. The third-order valence-corrected chi connectivity index (χ3v) is 5.26. The number of carbonyl (C=O) groups is 1. The summed E-state index contributed by atoms with van der Waals surface area (Å²) in [5, 5.41) is 9.99. The van der Waals surface area contributed by atoms with Crippen LogP contribution in [0, 0.1) is 0 Å². The third kappa shape index (κ3) is 3.65. The molecule has 1 N–H and O–H groups in total. The first kappa shape index (κ1) is 20.9. The van der Waals surface area contributed by atoms with E-state index in [2.05, 4.69) is 0 Å². The largest absolute Gasteiger partial charge is 0.490 e. The van der Waals surface area contributed by atoms with E-state index >= 15 is 0 Å². The van der Waals surface area contributed by atoms with E-state index in [9.17, 15) is 14.7 Å². The van der Waals surface area contributed by atoms with Crippen LogP contribution in [0.25, 0.3) is 11.0 Å². The molecule has 0 aliphatic carbocycles. The van der Waals surface area contributed by atoms with Gasteiger partial charge in [-0.3, -0.25) is 9.59 Å². The number of para-hydroxylation sites is 1. The summed E-state index contributed by atoms with van der Waals surface area (Å²) in [6.45, 7) is 4.73. The van der Waals surface area contributed by atoms with Gasteiger partial charge in [-0.15, -0.1) is 0 Å². The van der Waals surface area contributed by atoms with Gasteiger partial charge in [0.05, 0.1) is 36.8 Å². The second kappa shape index (κ2) is 8.81. The molecule has 0 radical (unpaired) electrons. The molecule has 31 heavy (non-hydrogen) atoms. The van der Waals surface area contributed by atoms with Crippen molar-refractivity contribution in [3.8, 4) is 11.5 Å². The Bertz CT molecular complexity index is 1170. The Morgan fingerprint density at radius 1 is 1.06 bits per heavy atom. The van der Waals surface area contributed by atoms with Crippen molar-refractivity contribution in [1.82, 2.24) is 4.90 Å². The second-order valence-electron chi connectivity index (χ2n) is 7.28. The third-order valence-electron chi connectivity index (χ3n) is 5.26. The Kier molecular flexibility index (Phi) is 5.95. The minimum Gasteiger partial charge on any atom is -0.490 e. The van der Waals surface area contributed by atoms with Crippen molar-refractivity contribution < 1.29 is 23.8 Å². The van der Waals surface area contributed by atoms with Gasteiger partial charge < -0.3 is 23.9 Å². The Balaban J connectivity index is 1.89. The van der Waals surface area contributed by atoms with Crippen molar-refractivity contribution in [3.63, 3.8) is 0 Å². The predicted octanol–water partition coefficient (Wildman–Crippen LogP) is 3.52. The number of carbonyl (C=O) groups excluding carboxylic acids is 1. The fourth-order valence-corrected chi connectivity index (χ4v) is 3.95. The molecule has 0 fully saturated rings. The van der Waals surface area contributed by atoms with E-state index in [0.717, 1.165) is 6.42 Å². The zero-order valence-corrected chi connectivity index (χ0v) is 17.6. The van der Waals surface area contributed by atoms with Gasteiger partial charge in [-0.25, -0.2) is 0 Å². The quantitative estimate of drug-likeness (QED) is 0.596. The van der Waals surface area contributed by atoms with Gasteiger partial charge in [0.1, 0.15) is 5.58 Å². The number of β-amino-alcohol motifs (C(OH)–C–C–N with tert-alkyl or cyclic N) is 1. The van der Waals surface area contributed by atoms with Crippen LogP contribution in [-0.4, -0.2) is 42.3 Å². The number of hydrogen-bond acceptors (Lipinski definition) is 6. The first-order chi connectivity index (χ1) is 15.1. The average Bonchev–Trinajstić information content (AvgIpc) is 3.05. The van der Waals surface area contributed by atoms with Gasteiger partial charge in [0, 0.05) is 6.54 Å². The number of nitrogens with zero attached hydrogens (tertiary/aromatic N) is 1. The van der Waals surface area contributed by atoms with E-state index in [4.69, 9.17) is 13.9 Å². The molecule has 0 saturated carbocycles. The van der Waals surface area contributed by atoms with Crippen molar-refractivity contribution in [2.75, 3.05) is 26.4 Å². The number of aliphatic hydroxyl groups is 1. The lowest BCUT2D eigenvalue weighted by Crippen LogP contribution is -2.32. The van der Waals surface area contributed by atoms with Crippen LogP contribution in [0.5, 0.6) is 11.5 Å². The molecule has 1 aliphatic heterocycles. The van der Waals surface area contributed by atoms with Crippen molar-refractivity contribution in [2.24, 2.45) is 0 Å². The van der Waals surface area contributed by atoms with Crippen molar-refractivity contribution in [3.05, 3.63) is 69.6 Å². The molecule has 1 unspecified atom stereocenters. The van der Waals surface area contributed by atoms with Gasteiger partial charge in [0.15, 0.2) is 16.9 Å². The molecule has 1 aromatic heterocycles. The Hall–Kier alpha value is -3.32. The summed E-state index contributed by atoms with van der Waals surface area (Å²) in [6.07, 6.45) is 0.857. The van der Waals surface area contributed by atoms with Crippen LogP contribution in [-0.2, 0) is 0 Å². The van der Waals surface area contributed by atoms with Crippen LogP contribution < -0.4 is 14.9 Å². The monoisotopic (exact) mass is 423 g/mol. The highest BCUT2D eigenvalue weighted by molar-refractivity contribution is 5.99. The standard InChI is InChI=1S/C24H25NO6/c1-3-13-30-18-10-9-15(14-19(18)29-4-2)21-20-22(27)16-7-5-6-8-17(16)31-23(20)24(28)25(21)11-12-26/h5-10,14,21,26H,3-4,11-13H2,1-2H3. The number of hydrogen-bond donors (Lipinski definition) is 1. The molecule has 2 aromatic carbocycles. The summed E-state index contributed by atoms with van der Waals surface area (Å²) >= 11 is 0. The van der Waals surface area contributed by atoms with Gasteiger partial charge in [-0.05, 0) is 43.2 Å². The molecule has 7 nitrogen and oxygen atoms in total. The molecule has 1 atom stereocenters. The van der Waals surface area contributed by atoms with Gasteiger partial charge in [-0.1, -0.05) is 25.1 Å². The maximum Gasteiger partial charge on any atom is 0.290 e. The molecule has 3 aromatic rings. The highest BCUT2D eigenvalue weighted by Crippen LogP contribution is 2.40. The fourth-order valence-electron chi connectivity index (χ4n) is 3.95. The minimum absolute atomic E-state index is 0.0198. The molecular weight excluding hydrogens is 398 g/mol. The molecule has 1 amide bonds. The smallest absolute Gasteiger partial charge is 0.290 e. The van der Waals surface area contributed by atoms with E-state index in [1.54, 1.807) is 36.4 Å². The topological polar surface area (TPSA) is 89.2 Å². The first-order valence-corrected chi connectivity index (χ1v) is 10.5. The van der Waals surface area contributed by atoms with Gasteiger partial charge in [0.25, 0.3) is 5.91 Å².